The highest BCUT2D eigenvalue weighted by Crippen LogP contribution is 2.20. The monoisotopic (exact) mass is 191 g/mol. The third-order valence-electron chi connectivity index (χ3n) is 1.94. The summed E-state index contributed by atoms with van der Waals surface area (Å²) in [6.45, 7) is 10.8. The predicted octanol–water partition coefficient (Wildman–Crippen LogP) is 3.47. The van der Waals surface area contributed by atoms with Gasteiger partial charge >= 0.3 is 0 Å². The summed E-state index contributed by atoms with van der Waals surface area (Å²) in [6.07, 6.45) is 1.93. The van der Waals surface area contributed by atoms with Crippen molar-refractivity contribution in [3.8, 4) is 0 Å². The van der Waals surface area contributed by atoms with E-state index in [9.17, 15) is 0 Å². The summed E-state index contributed by atoms with van der Waals surface area (Å²) in [4.78, 5) is 0. The van der Waals surface area contributed by atoms with Crippen molar-refractivity contribution in [2.75, 3.05) is 4.57 Å². The van der Waals surface area contributed by atoms with Crippen molar-refractivity contribution < 1.29 is 0 Å². The predicted molar refractivity (Wildman–Crippen MR) is 62.5 cm³/mol. The fourth-order valence-corrected chi connectivity index (χ4v) is 2.83. The molecule has 1 aromatic carbocycles. The SMILES string of the molecule is C=CN(c1ccccc1)[Si](C)(C)C. The van der Waals surface area contributed by atoms with Gasteiger partial charge in [0.2, 0.25) is 0 Å². The molecule has 0 spiro atoms. The second-order valence-corrected chi connectivity index (χ2v) is 8.88. The maximum atomic E-state index is 3.86. The zero-order valence-corrected chi connectivity index (χ0v) is 9.62. The molecular weight excluding hydrogens is 174 g/mol. The lowest BCUT2D eigenvalue weighted by Gasteiger charge is -2.32. The van der Waals surface area contributed by atoms with Gasteiger partial charge in [-0.05, 0) is 18.3 Å². The molecule has 1 nitrogen and oxygen atoms in total. The average molecular weight is 191 g/mol. The molecule has 0 atom stereocenters. The molecule has 70 valence electrons. The molecule has 0 aliphatic rings. The van der Waals surface area contributed by atoms with Gasteiger partial charge in [0, 0.05) is 5.69 Å². The summed E-state index contributed by atoms with van der Waals surface area (Å²) in [5.74, 6) is 0. The molecule has 2 heteroatoms. The normalized spacial score (nSPS) is 11.0. The van der Waals surface area contributed by atoms with Gasteiger partial charge in [-0.3, -0.25) is 0 Å². The van der Waals surface area contributed by atoms with Crippen molar-refractivity contribution in [2.24, 2.45) is 0 Å². The molecule has 1 aromatic rings. The first-order valence-corrected chi connectivity index (χ1v) is 7.97. The highest BCUT2D eigenvalue weighted by atomic mass is 28.3. The fraction of sp³-hybridized carbons (Fsp3) is 0.273. The Morgan fingerprint density at radius 3 is 2.08 bits per heavy atom. The minimum Gasteiger partial charge on any atom is -0.376 e. The van der Waals surface area contributed by atoms with Crippen LogP contribution in [-0.2, 0) is 0 Å². The summed E-state index contributed by atoms with van der Waals surface area (Å²) in [6, 6.07) is 10.4. The van der Waals surface area contributed by atoms with Crippen LogP contribution in [0.15, 0.2) is 43.1 Å². The van der Waals surface area contributed by atoms with Crippen LogP contribution >= 0.6 is 0 Å². The Morgan fingerprint density at radius 2 is 1.69 bits per heavy atom. The van der Waals surface area contributed by atoms with Crippen LogP contribution in [0, 0.1) is 0 Å². The average Bonchev–Trinajstić information content (AvgIpc) is 2.05. The van der Waals surface area contributed by atoms with E-state index in [4.69, 9.17) is 0 Å². The fourth-order valence-electron chi connectivity index (χ4n) is 1.36. The number of hydrogen-bond donors (Lipinski definition) is 0. The zero-order valence-electron chi connectivity index (χ0n) is 8.62. The van der Waals surface area contributed by atoms with E-state index >= 15 is 0 Å². The van der Waals surface area contributed by atoms with Crippen molar-refractivity contribution in [3.05, 3.63) is 43.1 Å². The van der Waals surface area contributed by atoms with Gasteiger partial charge in [0.1, 0.15) is 0 Å². The second-order valence-electron chi connectivity index (χ2n) is 4.06. The van der Waals surface area contributed by atoms with Gasteiger partial charge < -0.3 is 4.57 Å². The topological polar surface area (TPSA) is 3.24 Å². The molecule has 0 N–H and O–H groups in total. The molecule has 0 aromatic heterocycles. The van der Waals surface area contributed by atoms with Gasteiger partial charge in [0.05, 0.1) is 0 Å². The smallest absolute Gasteiger partial charge is 0.152 e. The van der Waals surface area contributed by atoms with E-state index in [-0.39, 0.29) is 0 Å². The molecule has 0 aliphatic carbocycles. The lowest BCUT2D eigenvalue weighted by Crippen LogP contribution is -2.42. The Labute approximate surface area is 81.8 Å². The summed E-state index contributed by atoms with van der Waals surface area (Å²) in [5.41, 5.74) is 1.25. The number of rotatable bonds is 3. The molecular formula is C11H17NSi. The number of nitrogens with zero attached hydrogens (tertiary/aromatic N) is 1. The Bertz CT molecular complexity index is 274. The molecule has 0 saturated heterocycles. The molecule has 0 radical (unpaired) electrons. The van der Waals surface area contributed by atoms with Crippen LogP contribution < -0.4 is 4.57 Å². The first-order valence-electron chi connectivity index (χ1n) is 4.52. The van der Waals surface area contributed by atoms with Crippen LogP contribution in [0.1, 0.15) is 0 Å². The molecule has 0 heterocycles. The largest absolute Gasteiger partial charge is 0.376 e. The van der Waals surface area contributed by atoms with E-state index in [2.05, 4.69) is 55.1 Å². The third-order valence-corrected chi connectivity index (χ3v) is 3.83. The standard InChI is InChI=1S/C11H17NSi/c1-5-12(13(2,3)4)11-9-7-6-8-10-11/h5-10H,1H2,2-4H3. The van der Waals surface area contributed by atoms with Crippen LogP contribution in [0.4, 0.5) is 5.69 Å². The Morgan fingerprint density at radius 1 is 1.15 bits per heavy atom. The molecule has 0 aliphatic heterocycles. The molecule has 0 amide bonds. The van der Waals surface area contributed by atoms with E-state index < -0.39 is 8.24 Å². The number of para-hydroxylation sites is 1. The van der Waals surface area contributed by atoms with Crippen LogP contribution in [0.2, 0.25) is 19.6 Å². The van der Waals surface area contributed by atoms with Gasteiger partial charge in [0.25, 0.3) is 0 Å². The quantitative estimate of drug-likeness (QED) is 0.661. The van der Waals surface area contributed by atoms with Gasteiger partial charge in [-0.15, -0.1) is 0 Å². The van der Waals surface area contributed by atoms with Gasteiger partial charge in [-0.1, -0.05) is 44.4 Å². The highest BCUT2D eigenvalue weighted by Gasteiger charge is 2.21. The minimum absolute atomic E-state index is 1.25. The molecule has 1 rings (SSSR count). The second kappa shape index (κ2) is 3.79. The summed E-state index contributed by atoms with van der Waals surface area (Å²) >= 11 is 0. The molecule has 0 bridgehead atoms. The third kappa shape index (κ3) is 2.46. The summed E-state index contributed by atoms with van der Waals surface area (Å²) in [7, 11) is -1.31. The van der Waals surface area contributed by atoms with Crippen LogP contribution in [0.25, 0.3) is 0 Å². The van der Waals surface area contributed by atoms with Crippen LogP contribution in [-0.4, -0.2) is 8.24 Å². The number of anilines is 1. The summed E-state index contributed by atoms with van der Waals surface area (Å²) < 4.78 is 2.30. The Balaban J connectivity index is 2.99. The van der Waals surface area contributed by atoms with E-state index in [0.29, 0.717) is 0 Å². The lowest BCUT2D eigenvalue weighted by atomic mass is 10.3. The number of benzene rings is 1. The molecule has 0 fully saturated rings. The number of hydrogen-bond acceptors (Lipinski definition) is 1. The van der Waals surface area contributed by atoms with Gasteiger partial charge in [-0.25, -0.2) is 0 Å². The molecule has 0 saturated carbocycles. The first kappa shape index (κ1) is 10.1. The molecule has 0 unspecified atom stereocenters. The van der Waals surface area contributed by atoms with Crippen LogP contribution in [0.3, 0.4) is 0 Å². The van der Waals surface area contributed by atoms with E-state index in [1.165, 1.54) is 5.69 Å². The zero-order chi connectivity index (χ0) is 9.90. The maximum absolute atomic E-state index is 3.86. The van der Waals surface area contributed by atoms with E-state index in [1.54, 1.807) is 0 Å². The highest BCUT2D eigenvalue weighted by molar-refractivity contribution is 6.80. The van der Waals surface area contributed by atoms with Crippen molar-refractivity contribution in [3.63, 3.8) is 0 Å². The lowest BCUT2D eigenvalue weighted by molar-refractivity contribution is 1.33. The van der Waals surface area contributed by atoms with E-state index in [1.807, 2.05) is 12.3 Å². The van der Waals surface area contributed by atoms with Crippen molar-refractivity contribution in [2.45, 2.75) is 19.6 Å². The Hall–Kier alpha value is -1.02. The van der Waals surface area contributed by atoms with Crippen molar-refractivity contribution in [1.82, 2.24) is 0 Å². The van der Waals surface area contributed by atoms with Crippen molar-refractivity contribution >= 4 is 13.9 Å². The van der Waals surface area contributed by atoms with Gasteiger partial charge in [0.15, 0.2) is 8.24 Å². The Kier molecular flexibility index (Phi) is 2.93. The molecule has 13 heavy (non-hydrogen) atoms. The summed E-state index contributed by atoms with van der Waals surface area (Å²) in [5, 5.41) is 0. The van der Waals surface area contributed by atoms with Crippen LogP contribution in [0.5, 0.6) is 0 Å². The van der Waals surface area contributed by atoms with Crippen molar-refractivity contribution in [1.29, 1.82) is 0 Å². The first-order chi connectivity index (χ1) is 6.05. The van der Waals surface area contributed by atoms with Gasteiger partial charge in [-0.2, -0.15) is 0 Å². The minimum atomic E-state index is -1.31. The van der Waals surface area contributed by atoms with E-state index in [0.717, 1.165) is 0 Å². The maximum Gasteiger partial charge on any atom is 0.152 e.